The standard InChI is InChI=1S/C11H22N2O3/c1-4-15-11(14)9-13(3)8-10-7-12(2)5-6-16-10/h10H,4-9H2,1-3H3. The van der Waals surface area contributed by atoms with Gasteiger partial charge in [-0.2, -0.15) is 0 Å². The Balaban J connectivity index is 2.22. The van der Waals surface area contributed by atoms with Crippen LogP contribution in [0, 0.1) is 0 Å². The lowest BCUT2D eigenvalue weighted by molar-refractivity contribution is -0.144. The monoisotopic (exact) mass is 230 g/mol. The van der Waals surface area contributed by atoms with Crippen LogP contribution in [0.2, 0.25) is 0 Å². The number of esters is 1. The van der Waals surface area contributed by atoms with Crippen molar-refractivity contribution in [3.63, 3.8) is 0 Å². The van der Waals surface area contributed by atoms with Gasteiger partial charge in [0, 0.05) is 19.6 Å². The van der Waals surface area contributed by atoms with E-state index in [1.165, 1.54) is 0 Å². The molecule has 0 radical (unpaired) electrons. The minimum Gasteiger partial charge on any atom is -0.465 e. The van der Waals surface area contributed by atoms with Crippen molar-refractivity contribution in [2.24, 2.45) is 0 Å². The second kappa shape index (κ2) is 6.83. The Morgan fingerprint density at radius 1 is 1.62 bits per heavy atom. The van der Waals surface area contributed by atoms with E-state index in [2.05, 4.69) is 11.9 Å². The van der Waals surface area contributed by atoms with Crippen LogP contribution in [0.25, 0.3) is 0 Å². The number of morpholine rings is 1. The third-order valence-corrected chi connectivity index (χ3v) is 2.56. The fraction of sp³-hybridized carbons (Fsp3) is 0.909. The van der Waals surface area contributed by atoms with Gasteiger partial charge in [-0.1, -0.05) is 0 Å². The summed E-state index contributed by atoms with van der Waals surface area (Å²) in [5.74, 6) is -0.172. The maximum atomic E-state index is 11.2. The number of ether oxygens (including phenoxy) is 2. The lowest BCUT2D eigenvalue weighted by Gasteiger charge is -2.32. The van der Waals surface area contributed by atoms with Gasteiger partial charge in [0.1, 0.15) is 0 Å². The molecule has 0 aromatic heterocycles. The van der Waals surface area contributed by atoms with Crippen LogP contribution in [0.3, 0.4) is 0 Å². The maximum Gasteiger partial charge on any atom is 0.320 e. The second-order valence-electron chi connectivity index (χ2n) is 4.26. The molecule has 1 fully saturated rings. The molecule has 0 amide bonds. The zero-order valence-corrected chi connectivity index (χ0v) is 10.4. The lowest BCUT2D eigenvalue weighted by atomic mass is 10.2. The highest BCUT2D eigenvalue weighted by atomic mass is 16.5. The summed E-state index contributed by atoms with van der Waals surface area (Å²) in [5.41, 5.74) is 0. The molecule has 1 atom stereocenters. The Kier molecular flexibility index (Phi) is 5.73. The van der Waals surface area contributed by atoms with Gasteiger partial charge in [-0.05, 0) is 21.0 Å². The number of carbonyl (C=O) groups is 1. The molecule has 5 nitrogen and oxygen atoms in total. The minimum atomic E-state index is -0.172. The number of hydrogen-bond acceptors (Lipinski definition) is 5. The van der Waals surface area contributed by atoms with E-state index < -0.39 is 0 Å². The molecule has 5 heteroatoms. The molecule has 1 aliphatic heterocycles. The molecule has 1 rings (SSSR count). The molecular formula is C11H22N2O3. The van der Waals surface area contributed by atoms with Gasteiger partial charge < -0.3 is 14.4 Å². The summed E-state index contributed by atoms with van der Waals surface area (Å²) in [5, 5.41) is 0. The number of rotatable bonds is 5. The van der Waals surface area contributed by atoms with Crippen molar-refractivity contribution in [3.8, 4) is 0 Å². The normalized spacial score (nSPS) is 22.4. The first-order chi connectivity index (χ1) is 7.61. The predicted octanol–water partition coefficient (Wildman–Crippen LogP) is -0.188. The quantitative estimate of drug-likeness (QED) is 0.613. The van der Waals surface area contributed by atoms with Crippen molar-refractivity contribution >= 4 is 5.97 Å². The average molecular weight is 230 g/mol. The molecule has 94 valence electrons. The van der Waals surface area contributed by atoms with E-state index in [4.69, 9.17) is 9.47 Å². The molecule has 0 aromatic rings. The summed E-state index contributed by atoms with van der Waals surface area (Å²) in [6.45, 7) is 6.03. The molecule has 0 aliphatic carbocycles. The maximum absolute atomic E-state index is 11.2. The van der Waals surface area contributed by atoms with Gasteiger partial charge in [-0.25, -0.2) is 0 Å². The van der Waals surface area contributed by atoms with Crippen molar-refractivity contribution < 1.29 is 14.3 Å². The molecule has 16 heavy (non-hydrogen) atoms. The van der Waals surface area contributed by atoms with Gasteiger partial charge >= 0.3 is 5.97 Å². The van der Waals surface area contributed by atoms with Crippen molar-refractivity contribution in [3.05, 3.63) is 0 Å². The molecule has 0 aromatic carbocycles. The van der Waals surface area contributed by atoms with Crippen molar-refractivity contribution in [1.82, 2.24) is 9.80 Å². The summed E-state index contributed by atoms with van der Waals surface area (Å²) in [4.78, 5) is 15.4. The van der Waals surface area contributed by atoms with Crippen molar-refractivity contribution in [2.45, 2.75) is 13.0 Å². The minimum absolute atomic E-state index is 0.172. The molecule has 1 aliphatic rings. The SMILES string of the molecule is CCOC(=O)CN(C)CC1CN(C)CCO1. The number of likely N-dealkylation sites (N-methyl/N-ethyl adjacent to an activating group) is 2. The van der Waals surface area contributed by atoms with E-state index in [9.17, 15) is 4.79 Å². The topological polar surface area (TPSA) is 42.0 Å². The first kappa shape index (κ1) is 13.4. The Labute approximate surface area is 97.3 Å². The smallest absolute Gasteiger partial charge is 0.320 e. The van der Waals surface area contributed by atoms with E-state index in [-0.39, 0.29) is 12.1 Å². The largest absolute Gasteiger partial charge is 0.465 e. The molecule has 1 unspecified atom stereocenters. The molecular weight excluding hydrogens is 208 g/mol. The Hall–Kier alpha value is -0.650. The number of carbonyl (C=O) groups excluding carboxylic acids is 1. The van der Waals surface area contributed by atoms with Crippen molar-refractivity contribution in [2.75, 3.05) is 53.5 Å². The first-order valence-electron chi connectivity index (χ1n) is 5.76. The highest BCUT2D eigenvalue weighted by Crippen LogP contribution is 2.04. The first-order valence-corrected chi connectivity index (χ1v) is 5.76. The molecule has 0 spiro atoms. The third-order valence-electron chi connectivity index (χ3n) is 2.56. The third kappa shape index (κ3) is 4.92. The average Bonchev–Trinajstić information content (AvgIpc) is 2.17. The highest BCUT2D eigenvalue weighted by molar-refractivity contribution is 5.71. The zero-order chi connectivity index (χ0) is 12.0. The fourth-order valence-electron chi connectivity index (χ4n) is 1.82. The summed E-state index contributed by atoms with van der Waals surface area (Å²) < 4.78 is 10.5. The van der Waals surface area contributed by atoms with Gasteiger partial charge in [0.15, 0.2) is 0 Å². The van der Waals surface area contributed by atoms with Gasteiger partial charge in [0.05, 0.1) is 25.9 Å². The van der Waals surface area contributed by atoms with Crippen LogP contribution in [0.4, 0.5) is 0 Å². The van der Waals surface area contributed by atoms with E-state index in [0.29, 0.717) is 13.2 Å². The molecule has 1 saturated heterocycles. The molecule has 0 bridgehead atoms. The number of nitrogens with zero attached hydrogens (tertiary/aromatic N) is 2. The predicted molar refractivity (Wildman–Crippen MR) is 61.4 cm³/mol. The van der Waals surface area contributed by atoms with E-state index in [0.717, 1.165) is 26.2 Å². The lowest BCUT2D eigenvalue weighted by Crippen LogP contribution is -2.46. The van der Waals surface area contributed by atoms with Gasteiger partial charge in [0.25, 0.3) is 0 Å². The van der Waals surface area contributed by atoms with Gasteiger partial charge in [-0.15, -0.1) is 0 Å². The summed E-state index contributed by atoms with van der Waals surface area (Å²) in [6, 6.07) is 0. The molecule has 0 saturated carbocycles. The van der Waals surface area contributed by atoms with E-state index in [1.807, 2.05) is 18.9 Å². The highest BCUT2D eigenvalue weighted by Gasteiger charge is 2.20. The zero-order valence-electron chi connectivity index (χ0n) is 10.4. The van der Waals surface area contributed by atoms with Gasteiger partial charge in [0.2, 0.25) is 0 Å². The number of hydrogen-bond donors (Lipinski definition) is 0. The van der Waals surface area contributed by atoms with Crippen LogP contribution in [0.1, 0.15) is 6.92 Å². The Bertz CT molecular complexity index is 223. The summed E-state index contributed by atoms with van der Waals surface area (Å²) in [7, 11) is 4.00. The second-order valence-corrected chi connectivity index (χ2v) is 4.26. The fourth-order valence-corrected chi connectivity index (χ4v) is 1.82. The van der Waals surface area contributed by atoms with Crippen LogP contribution in [0.15, 0.2) is 0 Å². The van der Waals surface area contributed by atoms with E-state index >= 15 is 0 Å². The van der Waals surface area contributed by atoms with E-state index in [1.54, 1.807) is 0 Å². The summed E-state index contributed by atoms with van der Waals surface area (Å²) >= 11 is 0. The van der Waals surface area contributed by atoms with Crippen molar-refractivity contribution in [1.29, 1.82) is 0 Å². The van der Waals surface area contributed by atoms with Crippen LogP contribution in [-0.2, 0) is 14.3 Å². The van der Waals surface area contributed by atoms with Gasteiger partial charge in [-0.3, -0.25) is 9.69 Å². The summed E-state index contributed by atoms with van der Waals surface area (Å²) in [6.07, 6.45) is 0.193. The Morgan fingerprint density at radius 2 is 2.38 bits per heavy atom. The van der Waals surface area contributed by atoms with Crippen LogP contribution in [-0.4, -0.2) is 75.4 Å². The molecule has 1 heterocycles. The van der Waals surface area contributed by atoms with Crippen LogP contribution in [0.5, 0.6) is 0 Å². The van der Waals surface area contributed by atoms with Crippen LogP contribution >= 0.6 is 0 Å². The molecule has 0 N–H and O–H groups in total. The Morgan fingerprint density at radius 3 is 3.00 bits per heavy atom. The van der Waals surface area contributed by atoms with Crippen LogP contribution < -0.4 is 0 Å².